The quantitative estimate of drug-likeness (QED) is 0.764. The lowest BCUT2D eigenvalue weighted by atomic mass is 9.68. The lowest BCUT2D eigenvalue weighted by molar-refractivity contribution is -0.136. The van der Waals surface area contributed by atoms with Crippen LogP contribution in [0.5, 0.6) is 0 Å². The number of benzene rings is 2. The van der Waals surface area contributed by atoms with E-state index < -0.39 is 0 Å². The van der Waals surface area contributed by atoms with Gasteiger partial charge in [0.2, 0.25) is 0 Å². The minimum atomic E-state index is -0.0985. The van der Waals surface area contributed by atoms with Crippen molar-refractivity contribution in [1.82, 2.24) is 4.90 Å². The largest absolute Gasteiger partial charge is 0.353 e. The molecule has 1 aliphatic carbocycles. The van der Waals surface area contributed by atoms with E-state index in [4.69, 9.17) is 4.74 Å². The molecule has 0 N–H and O–H groups in total. The maximum atomic E-state index is 6.54. The van der Waals surface area contributed by atoms with Crippen LogP contribution in [0.2, 0.25) is 0 Å². The molecular formula is C23H25NO. The molecule has 2 aliphatic heterocycles. The highest BCUT2D eigenvalue weighted by Gasteiger charge is 2.55. The van der Waals surface area contributed by atoms with E-state index in [9.17, 15) is 0 Å². The van der Waals surface area contributed by atoms with Gasteiger partial charge in [0.15, 0.2) is 0 Å². The molecule has 2 aromatic rings. The highest BCUT2D eigenvalue weighted by molar-refractivity contribution is 5.67. The summed E-state index contributed by atoms with van der Waals surface area (Å²) in [6.45, 7) is 1.86. The second kappa shape index (κ2) is 6.03. The highest BCUT2D eigenvalue weighted by atomic mass is 16.5. The van der Waals surface area contributed by atoms with Crippen molar-refractivity contribution in [3.63, 3.8) is 0 Å². The van der Waals surface area contributed by atoms with Crippen LogP contribution in [-0.2, 0) is 4.74 Å². The van der Waals surface area contributed by atoms with Crippen LogP contribution < -0.4 is 0 Å². The molecule has 5 rings (SSSR count). The van der Waals surface area contributed by atoms with E-state index in [0.29, 0.717) is 11.8 Å². The number of rotatable bonds is 2. The summed E-state index contributed by atoms with van der Waals surface area (Å²) in [5, 5.41) is 0. The van der Waals surface area contributed by atoms with Crippen LogP contribution in [0.3, 0.4) is 0 Å². The standard InChI is InChI=1S/C23H25NO/c1-3-9-18(10-4-1)20-17-22(19-11-5-2-6-12-19)24-15-16-25-23(24)14-8-7-13-21(20)23/h1-6,9-12,17,20-21H,7-8,13-16H2/t20-,21-,23+/m1/s1. The Kier molecular flexibility index (Phi) is 3.67. The average Bonchev–Trinajstić information content (AvgIpc) is 3.11. The first-order chi connectivity index (χ1) is 12.4. The minimum Gasteiger partial charge on any atom is -0.353 e. The second-order valence-electron chi connectivity index (χ2n) is 7.55. The lowest BCUT2D eigenvalue weighted by Gasteiger charge is -2.53. The van der Waals surface area contributed by atoms with Crippen molar-refractivity contribution in [2.45, 2.75) is 37.3 Å². The SMILES string of the molecule is C1=C(c2ccccc2)N2CCO[C@]23CCCC[C@@H]3[C@H]1c1ccccc1. The van der Waals surface area contributed by atoms with Gasteiger partial charge in [-0.25, -0.2) is 0 Å². The third-order valence-electron chi connectivity index (χ3n) is 6.32. The van der Waals surface area contributed by atoms with Gasteiger partial charge < -0.3 is 9.64 Å². The van der Waals surface area contributed by atoms with Gasteiger partial charge in [-0.1, -0.05) is 73.2 Å². The molecule has 1 saturated heterocycles. The van der Waals surface area contributed by atoms with Gasteiger partial charge >= 0.3 is 0 Å². The molecule has 3 aliphatic rings. The van der Waals surface area contributed by atoms with Crippen LogP contribution in [0.15, 0.2) is 66.7 Å². The van der Waals surface area contributed by atoms with Crippen LogP contribution >= 0.6 is 0 Å². The molecule has 128 valence electrons. The number of allylic oxidation sites excluding steroid dienone is 1. The molecule has 0 amide bonds. The van der Waals surface area contributed by atoms with Crippen LogP contribution in [0.4, 0.5) is 0 Å². The molecule has 3 atom stereocenters. The first kappa shape index (κ1) is 15.2. The first-order valence-corrected chi connectivity index (χ1v) is 9.62. The molecule has 0 radical (unpaired) electrons. The molecule has 2 heterocycles. The maximum Gasteiger partial charge on any atom is 0.145 e. The van der Waals surface area contributed by atoms with E-state index in [1.54, 1.807) is 0 Å². The zero-order chi connectivity index (χ0) is 16.7. The summed E-state index contributed by atoms with van der Waals surface area (Å²) in [4.78, 5) is 2.59. The topological polar surface area (TPSA) is 12.5 Å². The van der Waals surface area contributed by atoms with Crippen molar-refractivity contribution >= 4 is 5.70 Å². The molecule has 2 nitrogen and oxygen atoms in total. The van der Waals surface area contributed by atoms with Crippen LogP contribution in [0.1, 0.15) is 42.7 Å². The van der Waals surface area contributed by atoms with Crippen molar-refractivity contribution in [3.8, 4) is 0 Å². The van der Waals surface area contributed by atoms with Crippen LogP contribution in [-0.4, -0.2) is 23.8 Å². The van der Waals surface area contributed by atoms with Gasteiger partial charge in [-0.2, -0.15) is 0 Å². The number of hydrogen-bond acceptors (Lipinski definition) is 2. The summed E-state index contributed by atoms with van der Waals surface area (Å²) in [7, 11) is 0. The maximum absolute atomic E-state index is 6.54. The molecule has 25 heavy (non-hydrogen) atoms. The van der Waals surface area contributed by atoms with Gasteiger partial charge in [-0.15, -0.1) is 0 Å². The van der Waals surface area contributed by atoms with E-state index in [1.165, 1.54) is 36.1 Å². The Hall–Kier alpha value is -2.06. The fourth-order valence-electron chi connectivity index (χ4n) is 5.27. The highest BCUT2D eigenvalue weighted by Crippen LogP contribution is 2.55. The fraction of sp³-hybridized carbons (Fsp3) is 0.391. The molecule has 2 aromatic carbocycles. The van der Waals surface area contributed by atoms with Gasteiger partial charge in [0.1, 0.15) is 5.72 Å². The summed E-state index contributed by atoms with van der Waals surface area (Å²) in [6, 6.07) is 21.9. The Morgan fingerprint density at radius 3 is 2.48 bits per heavy atom. The van der Waals surface area contributed by atoms with Gasteiger partial charge in [0, 0.05) is 24.1 Å². The predicted octanol–water partition coefficient (Wildman–Crippen LogP) is 5.04. The van der Waals surface area contributed by atoms with Gasteiger partial charge in [-0.3, -0.25) is 0 Å². The van der Waals surface area contributed by atoms with E-state index in [2.05, 4.69) is 71.6 Å². The minimum absolute atomic E-state index is 0.0985. The molecule has 2 heteroatoms. The smallest absolute Gasteiger partial charge is 0.145 e. The summed E-state index contributed by atoms with van der Waals surface area (Å²) in [6.07, 6.45) is 7.53. The van der Waals surface area contributed by atoms with E-state index >= 15 is 0 Å². The molecule has 1 spiro atoms. The van der Waals surface area contributed by atoms with Gasteiger partial charge in [0.25, 0.3) is 0 Å². The Morgan fingerprint density at radius 1 is 0.920 bits per heavy atom. The molecule has 2 fully saturated rings. The molecule has 0 aromatic heterocycles. The zero-order valence-corrected chi connectivity index (χ0v) is 14.6. The third kappa shape index (κ3) is 2.35. The molecule has 1 saturated carbocycles. The zero-order valence-electron chi connectivity index (χ0n) is 14.6. The predicted molar refractivity (Wildman–Crippen MR) is 101 cm³/mol. The van der Waals surface area contributed by atoms with E-state index in [1.807, 2.05) is 0 Å². The van der Waals surface area contributed by atoms with Crippen molar-refractivity contribution in [3.05, 3.63) is 77.9 Å². The Labute approximate surface area is 150 Å². The third-order valence-corrected chi connectivity index (χ3v) is 6.32. The summed E-state index contributed by atoms with van der Waals surface area (Å²) in [5.41, 5.74) is 4.01. The number of ether oxygens (including phenoxy) is 1. The fourth-order valence-corrected chi connectivity index (χ4v) is 5.27. The average molecular weight is 331 g/mol. The number of nitrogens with zero attached hydrogens (tertiary/aromatic N) is 1. The summed E-state index contributed by atoms with van der Waals surface area (Å²) < 4.78 is 6.54. The van der Waals surface area contributed by atoms with Gasteiger partial charge in [-0.05, 0) is 30.4 Å². The number of hydrogen-bond donors (Lipinski definition) is 0. The molecule has 0 unspecified atom stereocenters. The van der Waals surface area contributed by atoms with Crippen molar-refractivity contribution < 1.29 is 4.74 Å². The Morgan fingerprint density at radius 2 is 1.68 bits per heavy atom. The second-order valence-corrected chi connectivity index (χ2v) is 7.55. The van der Waals surface area contributed by atoms with E-state index in [0.717, 1.165) is 19.6 Å². The Balaban J connectivity index is 1.68. The summed E-state index contributed by atoms with van der Waals surface area (Å²) >= 11 is 0. The molecular weight excluding hydrogens is 306 g/mol. The van der Waals surface area contributed by atoms with Crippen molar-refractivity contribution in [1.29, 1.82) is 0 Å². The monoisotopic (exact) mass is 331 g/mol. The molecule has 0 bridgehead atoms. The van der Waals surface area contributed by atoms with E-state index in [-0.39, 0.29) is 5.72 Å². The van der Waals surface area contributed by atoms with Gasteiger partial charge in [0.05, 0.1) is 6.61 Å². The van der Waals surface area contributed by atoms with Crippen molar-refractivity contribution in [2.24, 2.45) is 5.92 Å². The lowest BCUT2D eigenvalue weighted by Crippen LogP contribution is -2.55. The summed E-state index contributed by atoms with van der Waals surface area (Å²) in [5.74, 6) is 0.990. The first-order valence-electron chi connectivity index (χ1n) is 9.62. The normalized spacial score (nSPS) is 31.2. The van der Waals surface area contributed by atoms with Crippen LogP contribution in [0.25, 0.3) is 5.70 Å². The van der Waals surface area contributed by atoms with Crippen molar-refractivity contribution in [2.75, 3.05) is 13.2 Å². The Bertz CT molecular complexity index is 769. The van der Waals surface area contributed by atoms with Crippen LogP contribution in [0, 0.1) is 5.92 Å².